The lowest BCUT2D eigenvalue weighted by Gasteiger charge is -2.33. The van der Waals surface area contributed by atoms with E-state index in [4.69, 9.17) is 9.47 Å². The van der Waals surface area contributed by atoms with Gasteiger partial charge >= 0.3 is 0 Å². The molecule has 4 amide bonds. The molecule has 2 heterocycles. The van der Waals surface area contributed by atoms with Gasteiger partial charge in [-0.15, -0.1) is 0 Å². The fourth-order valence-electron chi connectivity index (χ4n) is 7.03. The van der Waals surface area contributed by atoms with Crippen molar-refractivity contribution in [3.05, 3.63) is 138 Å². The maximum absolute atomic E-state index is 14.8. The number of carbonyl (C=O) groups excluding carboxylic acids is 4. The summed E-state index contributed by atoms with van der Waals surface area (Å²) in [7, 11) is 5.23. The maximum Gasteiger partial charge on any atom is 0.247 e. The lowest BCUT2D eigenvalue weighted by atomic mass is 10.0. The highest BCUT2D eigenvalue weighted by atomic mass is 16.5. The van der Waals surface area contributed by atoms with Crippen LogP contribution in [-0.4, -0.2) is 91.4 Å². The first-order valence-electron chi connectivity index (χ1n) is 18.2. The van der Waals surface area contributed by atoms with Crippen molar-refractivity contribution in [2.24, 2.45) is 0 Å². The van der Waals surface area contributed by atoms with Gasteiger partial charge in [-0.3, -0.25) is 24.1 Å². The van der Waals surface area contributed by atoms with E-state index in [9.17, 15) is 19.2 Å². The second-order valence-electron chi connectivity index (χ2n) is 13.8. The van der Waals surface area contributed by atoms with Crippen LogP contribution in [0.3, 0.4) is 0 Å². The number of nitrogens with one attached hydrogen (secondary N) is 3. The molecule has 5 unspecified atom stereocenters. The molecule has 4 aromatic carbocycles. The van der Waals surface area contributed by atoms with Crippen LogP contribution in [0.5, 0.6) is 11.5 Å². The first-order valence-corrected chi connectivity index (χ1v) is 18.2. The van der Waals surface area contributed by atoms with Gasteiger partial charge in [0.05, 0.1) is 13.2 Å². The molecule has 5 atom stereocenters. The number of nitrogens with zero attached hydrogens (tertiary/aromatic N) is 2. The van der Waals surface area contributed by atoms with Gasteiger partial charge in [0.1, 0.15) is 35.7 Å². The van der Waals surface area contributed by atoms with Crippen LogP contribution in [0.1, 0.15) is 28.7 Å². The molecule has 2 aliphatic heterocycles. The summed E-state index contributed by atoms with van der Waals surface area (Å²) < 4.78 is 12.0. The second-order valence-corrected chi connectivity index (χ2v) is 13.8. The van der Waals surface area contributed by atoms with Gasteiger partial charge in [-0.25, -0.2) is 0 Å². The minimum Gasteiger partial charge on any atom is -0.496 e. The predicted molar refractivity (Wildman–Crippen MR) is 206 cm³/mol. The first-order chi connectivity index (χ1) is 26.2. The van der Waals surface area contributed by atoms with Crippen molar-refractivity contribution < 1.29 is 28.7 Å². The third-order valence-electron chi connectivity index (χ3n) is 9.88. The molecule has 54 heavy (non-hydrogen) atoms. The second kappa shape index (κ2) is 17.7. The van der Waals surface area contributed by atoms with Gasteiger partial charge < -0.3 is 30.3 Å². The summed E-state index contributed by atoms with van der Waals surface area (Å²) in [6, 6.07) is 30.3. The number of likely N-dealkylation sites (tertiary alicyclic amines) is 1. The summed E-state index contributed by atoms with van der Waals surface area (Å²) in [5.41, 5.74) is 3.35. The zero-order valence-corrected chi connectivity index (χ0v) is 30.8. The molecule has 1 saturated heterocycles. The van der Waals surface area contributed by atoms with Crippen molar-refractivity contribution in [3.63, 3.8) is 0 Å². The predicted octanol–water partition coefficient (Wildman–Crippen LogP) is 3.77. The van der Waals surface area contributed by atoms with E-state index < -0.39 is 48.0 Å². The summed E-state index contributed by atoms with van der Waals surface area (Å²) in [5.74, 6) is -0.626. The Kier molecular flexibility index (Phi) is 12.4. The Morgan fingerprint density at radius 1 is 0.870 bits per heavy atom. The molecule has 1 fully saturated rings. The number of benzene rings is 4. The van der Waals surface area contributed by atoms with E-state index in [0.717, 1.165) is 16.7 Å². The van der Waals surface area contributed by atoms with Crippen molar-refractivity contribution in [2.45, 2.75) is 56.0 Å². The van der Waals surface area contributed by atoms with Crippen LogP contribution in [0.2, 0.25) is 0 Å². The molecule has 0 spiro atoms. The Balaban J connectivity index is 1.33. The maximum atomic E-state index is 14.8. The third-order valence-corrected chi connectivity index (χ3v) is 9.88. The zero-order chi connectivity index (χ0) is 38.0. The minimum absolute atomic E-state index is 0.197. The molecule has 11 nitrogen and oxygen atoms in total. The average molecular weight is 730 g/mol. The van der Waals surface area contributed by atoms with Crippen LogP contribution >= 0.6 is 0 Å². The summed E-state index contributed by atoms with van der Waals surface area (Å²) in [5, 5.41) is 8.83. The van der Waals surface area contributed by atoms with Crippen LogP contribution < -0.4 is 25.4 Å². The molecule has 4 aromatic rings. The molecule has 280 valence electrons. The van der Waals surface area contributed by atoms with Gasteiger partial charge in [0.2, 0.25) is 23.6 Å². The molecule has 6 rings (SSSR count). The molecule has 0 aliphatic carbocycles. The Morgan fingerprint density at radius 2 is 1.50 bits per heavy atom. The number of methoxy groups -OCH3 is 1. The van der Waals surface area contributed by atoms with Crippen molar-refractivity contribution in [1.82, 2.24) is 25.8 Å². The number of hydrogen-bond acceptors (Lipinski definition) is 7. The molecule has 2 bridgehead atoms. The Hall–Kier alpha value is -5.94. The van der Waals surface area contributed by atoms with Gasteiger partial charge in [0.15, 0.2) is 0 Å². The smallest absolute Gasteiger partial charge is 0.247 e. The molecular weight excluding hydrogens is 683 g/mol. The molecular formula is C43H47N5O6. The van der Waals surface area contributed by atoms with E-state index in [1.807, 2.05) is 110 Å². The molecule has 3 N–H and O–H groups in total. The zero-order valence-electron chi connectivity index (χ0n) is 30.8. The van der Waals surface area contributed by atoms with Gasteiger partial charge in [0.25, 0.3) is 0 Å². The number of amides is 4. The third kappa shape index (κ3) is 9.34. The number of carbonyl (C=O) groups is 4. The SMILES string of the molecule is COc1ccc2cc1/C=C/NC(=O)C(Cc1ccccc1)NC(=O)C1C(CCN1C(=O)C(Cc1ccccc1)NC(=O)C(Cc1ccccc1)N(C)C)O2. The Labute approximate surface area is 316 Å². The largest absolute Gasteiger partial charge is 0.496 e. The van der Waals surface area contributed by atoms with Crippen molar-refractivity contribution >= 4 is 29.7 Å². The van der Waals surface area contributed by atoms with Crippen LogP contribution in [-0.2, 0) is 38.4 Å². The standard InChI is InChI=1S/C43H47N5O6/c1-47(2)36(27-31-17-11-6-12-18-31)41(50)46-35(26-30-15-9-5-10-16-30)43(52)48-24-22-38-39(48)42(51)45-34(25-29-13-7-4-8-14-29)40(49)44-23-21-32-28-33(54-38)19-20-37(32)53-3/h4-21,23,28,34-36,38-39H,22,24-27H2,1-3H3,(H,44,49)(H,45,51)(H,46,50)/b23-21+. The van der Waals surface area contributed by atoms with E-state index >= 15 is 0 Å². The normalized spacial score (nSPS) is 20.1. The fraction of sp³-hybridized carbons (Fsp3) is 0.302. The fourth-order valence-corrected chi connectivity index (χ4v) is 7.03. The van der Waals surface area contributed by atoms with Crippen LogP contribution in [0.15, 0.2) is 115 Å². The highest BCUT2D eigenvalue weighted by Gasteiger charge is 2.46. The quantitative estimate of drug-likeness (QED) is 0.215. The number of rotatable bonds is 11. The summed E-state index contributed by atoms with van der Waals surface area (Å²) in [6.07, 6.45) is 3.69. The molecule has 0 aromatic heterocycles. The van der Waals surface area contributed by atoms with Crippen molar-refractivity contribution in [2.75, 3.05) is 27.7 Å². The number of ether oxygens (including phenoxy) is 2. The van der Waals surface area contributed by atoms with Gasteiger partial charge in [-0.05, 0) is 61.5 Å². The van der Waals surface area contributed by atoms with Crippen LogP contribution in [0.25, 0.3) is 6.08 Å². The minimum atomic E-state index is -1.10. The van der Waals surface area contributed by atoms with E-state index in [1.54, 1.807) is 31.4 Å². The van der Waals surface area contributed by atoms with E-state index in [2.05, 4.69) is 16.0 Å². The first kappa shape index (κ1) is 37.8. The summed E-state index contributed by atoms with van der Waals surface area (Å²) in [4.78, 5) is 60.4. The average Bonchev–Trinajstić information content (AvgIpc) is 3.60. The molecule has 0 radical (unpaired) electrons. The summed E-state index contributed by atoms with van der Waals surface area (Å²) >= 11 is 0. The Morgan fingerprint density at radius 3 is 2.13 bits per heavy atom. The highest BCUT2D eigenvalue weighted by Crippen LogP contribution is 2.30. The highest BCUT2D eigenvalue weighted by molar-refractivity contribution is 5.96. The van der Waals surface area contributed by atoms with Gasteiger partial charge in [-0.1, -0.05) is 91.0 Å². The topological polar surface area (TPSA) is 129 Å². The number of likely N-dealkylation sites (N-methyl/N-ethyl adjacent to an activating group) is 1. The van der Waals surface area contributed by atoms with Crippen LogP contribution in [0, 0.1) is 0 Å². The molecule has 2 aliphatic rings. The molecule has 0 saturated carbocycles. The van der Waals surface area contributed by atoms with E-state index in [-0.39, 0.29) is 25.3 Å². The van der Waals surface area contributed by atoms with Gasteiger partial charge in [0, 0.05) is 37.6 Å². The monoisotopic (exact) mass is 729 g/mol. The van der Waals surface area contributed by atoms with Gasteiger partial charge in [-0.2, -0.15) is 0 Å². The lowest BCUT2D eigenvalue weighted by molar-refractivity contribution is -0.144. The van der Waals surface area contributed by atoms with Crippen LogP contribution in [0.4, 0.5) is 0 Å². The molecule has 11 heteroatoms. The van der Waals surface area contributed by atoms with Crippen molar-refractivity contribution in [3.8, 4) is 11.5 Å². The lowest BCUT2D eigenvalue weighted by Crippen LogP contribution is -2.60. The number of hydrogen-bond donors (Lipinski definition) is 3. The van der Waals surface area contributed by atoms with E-state index in [1.165, 1.54) is 11.1 Å². The number of fused-ring (bicyclic) bond motifs is 3. The van der Waals surface area contributed by atoms with Crippen molar-refractivity contribution in [1.29, 1.82) is 0 Å². The summed E-state index contributed by atoms with van der Waals surface area (Å²) in [6.45, 7) is 0.197. The Bertz CT molecular complexity index is 1940. The van der Waals surface area contributed by atoms with E-state index in [0.29, 0.717) is 29.9 Å².